The number of nitrogens with one attached hydrogen (secondary N) is 1. The highest BCUT2D eigenvalue weighted by atomic mass is 79.9. The lowest BCUT2D eigenvalue weighted by atomic mass is 10.1. The van der Waals surface area contributed by atoms with Crippen LogP contribution in [0.3, 0.4) is 0 Å². The Morgan fingerprint density at radius 1 is 1.13 bits per heavy atom. The van der Waals surface area contributed by atoms with E-state index in [4.69, 9.17) is 4.74 Å². The average molecular weight is 495 g/mol. The van der Waals surface area contributed by atoms with Crippen molar-refractivity contribution in [3.8, 4) is 0 Å². The van der Waals surface area contributed by atoms with Crippen molar-refractivity contribution in [3.63, 3.8) is 0 Å². The molecule has 1 aromatic rings. The van der Waals surface area contributed by atoms with E-state index in [2.05, 4.69) is 26.1 Å². The summed E-state index contributed by atoms with van der Waals surface area (Å²) in [6, 6.07) is 7.53. The lowest BCUT2D eigenvalue weighted by Crippen LogP contribution is -2.51. The largest absolute Gasteiger partial charge is 0.444 e. The van der Waals surface area contributed by atoms with E-state index in [-0.39, 0.29) is 17.9 Å². The summed E-state index contributed by atoms with van der Waals surface area (Å²) in [6.07, 6.45) is 0.232. The Balaban J connectivity index is 1.40. The zero-order chi connectivity index (χ0) is 22.6. The highest BCUT2D eigenvalue weighted by Crippen LogP contribution is 2.31. The first-order valence-electron chi connectivity index (χ1n) is 10.7. The van der Waals surface area contributed by atoms with E-state index in [0.717, 1.165) is 23.2 Å². The number of anilines is 1. The SMILES string of the molecule is CC(C)(C)OC(=O)N1CCN(CCNC(=O)C2CCN(c3ccccc3Br)C2=O)CC1. The van der Waals surface area contributed by atoms with Crippen LogP contribution in [0.5, 0.6) is 0 Å². The molecular weight excluding hydrogens is 464 g/mol. The van der Waals surface area contributed by atoms with E-state index in [1.165, 1.54) is 0 Å². The standard InChI is InChI=1S/C22H31BrN4O4/c1-22(2,3)31-21(30)26-14-12-25(13-15-26)11-9-24-19(28)16-8-10-27(20(16)29)18-7-5-4-6-17(18)23/h4-7,16H,8-15H2,1-3H3,(H,24,28). The molecule has 2 saturated heterocycles. The number of carbonyl (C=O) groups excluding carboxylic acids is 3. The molecule has 1 atom stereocenters. The molecule has 2 heterocycles. The maximum atomic E-state index is 12.7. The quantitative estimate of drug-likeness (QED) is 0.635. The van der Waals surface area contributed by atoms with Gasteiger partial charge in [0.25, 0.3) is 0 Å². The number of amides is 3. The molecule has 1 N–H and O–H groups in total. The van der Waals surface area contributed by atoms with Crippen LogP contribution in [-0.2, 0) is 14.3 Å². The number of rotatable bonds is 5. The van der Waals surface area contributed by atoms with Gasteiger partial charge in [-0.1, -0.05) is 12.1 Å². The smallest absolute Gasteiger partial charge is 0.410 e. The second-order valence-corrected chi connectivity index (χ2v) is 9.74. The highest BCUT2D eigenvalue weighted by molar-refractivity contribution is 9.10. The number of halogens is 1. The Hall–Kier alpha value is -2.13. The third-order valence-electron chi connectivity index (χ3n) is 5.42. The minimum Gasteiger partial charge on any atom is -0.444 e. The fourth-order valence-electron chi connectivity index (χ4n) is 3.77. The molecule has 0 spiro atoms. The van der Waals surface area contributed by atoms with Gasteiger partial charge in [-0.2, -0.15) is 0 Å². The molecule has 0 aliphatic carbocycles. The summed E-state index contributed by atoms with van der Waals surface area (Å²) in [5.41, 5.74) is 0.299. The summed E-state index contributed by atoms with van der Waals surface area (Å²) in [5, 5.41) is 2.91. The Kier molecular flexibility index (Phi) is 7.59. The molecule has 2 aliphatic rings. The van der Waals surface area contributed by atoms with Crippen LogP contribution >= 0.6 is 15.9 Å². The number of hydrogen-bond acceptors (Lipinski definition) is 5. The zero-order valence-electron chi connectivity index (χ0n) is 18.4. The average Bonchev–Trinajstić information content (AvgIpc) is 3.09. The fourth-order valence-corrected chi connectivity index (χ4v) is 4.27. The van der Waals surface area contributed by atoms with Gasteiger partial charge in [-0.05, 0) is 55.3 Å². The molecule has 9 heteroatoms. The van der Waals surface area contributed by atoms with Crippen LogP contribution in [0.15, 0.2) is 28.7 Å². The highest BCUT2D eigenvalue weighted by Gasteiger charge is 2.38. The maximum Gasteiger partial charge on any atom is 0.410 e. The van der Waals surface area contributed by atoms with Gasteiger partial charge in [-0.3, -0.25) is 14.5 Å². The minimum atomic E-state index is -0.642. The molecule has 1 aromatic carbocycles. The third kappa shape index (κ3) is 6.20. The maximum absolute atomic E-state index is 12.7. The van der Waals surface area contributed by atoms with Gasteiger partial charge in [0.15, 0.2) is 0 Å². The first-order chi connectivity index (χ1) is 14.7. The zero-order valence-corrected chi connectivity index (χ0v) is 20.0. The molecule has 2 aliphatic heterocycles. The Labute approximate surface area is 192 Å². The van der Waals surface area contributed by atoms with Crippen LogP contribution in [0.25, 0.3) is 0 Å². The van der Waals surface area contributed by atoms with E-state index >= 15 is 0 Å². The first-order valence-corrected chi connectivity index (χ1v) is 11.5. The van der Waals surface area contributed by atoms with Crippen molar-refractivity contribution in [1.29, 1.82) is 0 Å². The van der Waals surface area contributed by atoms with E-state index < -0.39 is 11.5 Å². The lowest BCUT2D eigenvalue weighted by molar-refractivity contribution is -0.132. The van der Waals surface area contributed by atoms with Crippen LogP contribution in [0, 0.1) is 5.92 Å². The summed E-state index contributed by atoms with van der Waals surface area (Å²) in [4.78, 5) is 43.1. The molecule has 0 bridgehead atoms. The Morgan fingerprint density at radius 2 is 1.81 bits per heavy atom. The van der Waals surface area contributed by atoms with Gasteiger partial charge in [-0.25, -0.2) is 4.79 Å². The van der Waals surface area contributed by atoms with Gasteiger partial charge in [0.1, 0.15) is 11.5 Å². The van der Waals surface area contributed by atoms with Gasteiger partial charge < -0.3 is 19.9 Å². The third-order valence-corrected chi connectivity index (χ3v) is 6.09. The molecule has 170 valence electrons. The molecule has 0 aromatic heterocycles. The van der Waals surface area contributed by atoms with Crippen molar-refractivity contribution in [2.75, 3.05) is 50.7 Å². The van der Waals surface area contributed by atoms with Crippen LogP contribution in [0.1, 0.15) is 27.2 Å². The molecule has 2 fully saturated rings. The Bertz CT molecular complexity index is 818. The fraction of sp³-hybridized carbons (Fsp3) is 0.591. The molecule has 1 unspecified atom stereocenters. The topological polar surface area (TPSA) is 82.2 Å². The molecule has 3 amide bonds. The van der Waals surface area contributed by atoms with Crippen molar-refractivity contribution < 1.29 is 19.1 Å². The van der Waals surface area contributed by atoms with Crippen LogP contribution in [0.4, 0.5) is 10.5 Å². The monoisotopic (exact) mass is 494 g/mol. The van der Waals surface area contributed by atoms with Crippen molar-refractivity contribution >= 4 is 39.5 Å². The van der Waals surface area contributed by atoms with Gasteiger partial charge in [0, 0.05) is 50.3 Å². The van der Waals surface area contributed by atoms with Crippen molar-refractivity contribution in [2.45, 2.75) is 32.8 Å². The number of piperazine rings is 1. The second-order valence-electron chi connectivity index (χ2n) is 8.88. The predicted molar refractivity (Wildman–Crippen MR) is 122 cm³/mol. The van der Waals surface area contributed by atoms with Crippen LogP contribution in [-0.4, -0.2) is 79.1 Å². The molecule has 0 saturated carbocycles. The lowest BCUT2D eigenvalue weighted by Gasteiger charge is -2.35. The molecule has 3 rings (SSSR count). The predicted octanol–water partition coefficient (Wildman–Crippen LogP) is 2.47. The van der Waals surface area contributed by atoms with Crippen molar-refractivity contribution in [2.24, 2.45) is 5.92 Å². The van der Waals surface area contributed by atoms with E-state index in [0.29, 0.717) is 39.1 Å². The minimum absolute atomic E-state index is 0.157. The number of carbonyl (C=O) groups is 3. The van der Waals surface area contributed by atoms with Crippen molar-refractivity contribution in [1.82, 2.24) is 15.1 Å². The number of hydrogen-bond donors (Lipinski definition) is 1. The number of ether oxygens (including phenoxy) is 1. The Morgan fingerprint density at radius 3 is 2.45 bits per heavy atom. The second kappa shape index (κ2) is 9.99. The molecular formula is C22H31BrN4O4. The first kappa shape index (κ1) is 23.5. The van der Waals surface area contributed by atoms with Crippen LogP contribution < -0.4 is 10.2 Å². The summed E-state index contributed by atoms with van der Waals surface area (Å²) in [5.74, 6) is -1.02. The molecule has 0 radical (unpaired) electrons. The summed E-state index contributed by atoms with van der Waals surface area (Å²) < 4.78 is 6.26. The van der Waals surface area contributed by atoms with Gasteiger partial charge in [0.2, 0.25) is 11.8 Å². The molecule has 8 nitrogen and oxygen atoms in total. The summed E-state index contributed by atoms with van der Waals surface area (Å²) >= 11 is 3.47. The number of nitrogens with zero attached hydrogens (tertiary/aromatic N) is 3. The van der Waals surface area contributed by atoms with E-state index in [1.807, 2.05) is 45.0 Å². The number of benzene rings is 1. The summed E-state index contributed by atoms with van der Waals surface area (Å²) in [6.45, 7) is 9.93. The normalized spacial score (nSPS) is 20.1. The number of para-hydroxylation sites is 1. The summed E-state index contributed by atoms with van der Waals surface area (Å²) in [7, 11) is 0. The van der Waals surface area contributed by atoms with Gasteiger partial charge in [0.05, 0.1) is 5.69 Å². The van der Waals surface area contributed by atoms with E-state index in [9.17, 15) is 14.4 Å². The van der Waals surface area contributed by atoms with Gasteiger partial charge >= 0.3 is 6.09 Å². The van der Waals surface area contributed by atoms with Gasteiger partial charge in [-0.15, -0.1) is 0 Å². The van der Waals surface area contributed by atoms with E-state index in [1.54, 1.807) is 9.80 Å². The molecule has 31 heavy (non-hydrogen) atoms. The van der Waals surface area contributed by atoms with Crippen molar-refractivity contribution in [3.05, 3.63) is 28.7 Å². The van der Waals surface area contributed by atoms with Crippen LogP contribution in [0.2, 0.25) is 0 Å².